The molecule has 2 rings (SSSR count). The number of aromatic nitrogens is 1. The molecule has 21 heavy (non-hydrogen) atoms. The summed E-state index contributed by atoms with van der Waals surface area (Å²) in [6.45, 7) is 11.2. The van der Waals surface area contributed by atoms with Crippen LogP contribution in [0.3, 0.4) is 0 Å². The molecule has 0 radical (unpaired) electrons. The predicted molar refractivity (Wildman–Crippen MR) is 87.8 cm³/mol. The van der Waals surface area contributed by atoms with Gasteiger partial charge >= 0.3 is 0 Å². The highest BCUT2D eigenvalue weighted by molar-refractivity contribution is 5.44. The Hall–Kier alpha value is -1.13. The second-order valence-electron chi connectivity index (χ2n) is 6.93. The van der Waals surface area contributed by atoms with Crippen LogP contribution in [-0.2, 0) is 11.3 Å². The van der Waals surface area contributed by atoms with Crippen LogP contribution in [0.4, 0.5) is 5.82 Å². The lowest BCUT2D eigenvalue weighted by molar-refractivity contribution is 0.204. The Kier molecular flexibility index (Phi) is 5.22. The van der Waals surface area contributed by atoms with Crippen molar-refractivity contribution in [3.63, 3.8) is 0 Å². The minimum atomic E-state index is 0.129. The van der Waals surface area contributed by atoms with Crippen molar-refractivity contribution in [2.45, 2.75) is 58.7 Å². The van der Waals surface area contributed by atoms with E-state index in [2.05, 4.69) is 50.0 Å². The highest BCUT2D eigenvalue weighted by Crippen LogP contribution is 2.30. The minimum Gasteiger partial charge on any atom is -0.383 e. The van der Waals surface area contributed by atoms with Gasteiger partial charge in [0.25, 0.3) is 0 Å². The lowest BCUT2D eigenvalue weighted by Gasteiger charge is -2.25. The topological polar surface area (TPSA) is 37.4 Å². The van der Waals surface area contributed by atoms with Crippen LogP contribution < -0.4 is 10.2 Å². The fraction of sp³-hybridized carbons (Fsp3) is 0.706. The molecule has 0 unspecified atom stereocenters. The van der Waals surface area contributed by atoms with E-state index in [1.54, 1.807) is 7.11 Å². The van der Waals surface area contributed by atoms with E-state index in [4.69, 9.17) is 9.72 Å². The number of aryl methyl sites for hydroxylation is 1. The third-order valence-electron chi connectivity index (χ3n) is 3.81. The largest absolute Gasteiger partial charge is 0.383 e. The monoisotopic (exact) mass is 291 g/mol. The van der Waals surface area contributed by atoms with Crippen LogP contribution in [0.15, 0.2) is 12.1 Å². The first-order valence-electron chi connectivity index (χ1n) is 7.88. The number of nitrogens with zero attached hydrogens (tertiary/aromatic N) is 2. The van der Waals surface area contributed by atoms with Gasteiger partial charge in [-0.1, -0.05) is 6.07 Å². The van der Waals surface area contributed by atoms with Crippen LogP contribution in [0.25, 0.3) is 0 Å². The molecule has 0 spiro atoms. The summed E-state index contributed by atoms with van der Waals surface area (Å²) in [6.07, 6.45) is 2.55. The molecule has 4 nitrogen and oxygen atoms in total. The van der Waals surface area contributed by atoms with Gasteiger partial charge in [-0.2, -0.15) is 0 Å². The van der Waals surface area contributed by atoms with Crippen molar-refractivity contribution in [1.82, 2.24) is 10.3 Å². The van der Waals surface area contributed by atoms with Crippen molar-refractivity contribution >= 4 is 5.82 Å². The summed E-state index contributed by atoms with van der Waals surface area (Å²) in [5, 5.41) is 3.52. The molecule has 0 aromatic carbocycles. The molecule has 1 aromatic rings. The average Bonchev–Trinajstić information content (AvgIpc) is 3.21. The Bertz CT molecular complexity index is 464. The fourth-order valence-corrected chi connectivity index (χ4v) is 2.34. The fourth-order valence-electron chi connectivity index (χ4n) is 2.34. The first kappa shape index (κ1) is 16.2. The molecule has 0 aliphatic heterocycles. The van der Waals surface area contributed by atoms with Crippen molar-refractivity contribution in [2.75, 3.05) is 25.2 Å². The quantitative estimate of drug-likeness (QED) is 0.838. The van der Waals surface area contributed by atoms with E-state index in [-0.39, 0.29) is 5.54 Å². The highest BCUT2D eigenvalue weighted by Gasteiger charge is 2.29. The number of hydrogen-bond donors (Lipinski definition) is 1. The zero-order valence-corrected chi connectivity index (χ0v) is 14.1. The molecule has 0 saturated heterocycles. The van der Waals surface area contributed by atoms with E-state index in [0.29, 0.717) is 6.04 Å². The Morgan fingerprint density at radius 1 is 1.33 bits per heavy atom. The van der Waals surface area contributed by atoms with Crippen molar-refractivity contribution in [1.29, 1.82) is 0 Å². The van der Waals surface area contributed by atoms with Gasteiger partial charge in [0.2, 0.25) is 0 Å². The Morgan fingerprint density at radius 2 is 2.05 bits per heavy atom. The highest BCUT2D eigenvalue weighted by atomic mass is 16.5. The maximum absolute atomic E-state index is 5.22. The molecule has 0 amide bonds. The van der Waals surface area contributed by atoms with E-state index in [1.165, 1.54) is 18.4 Å². The van der Waals surface area contributed by atoms with E-state index >= 15 is 0 Å². The summed E-state index contributed by atoms with van der Waals surface area (Å²) in [4.78, 5) is 7.21. The van der Waals surface area contributed by atoms with E-state index in [9.17, 15) is 0 Å². The lowest BCUT2D eigenvalue weighted by Crippen LogP contribution is -2.35. The molecule has 0 bridgehead atoms. The summed E-state index contributed by atoms with van der Waals surface area (Å²) in [5.74, 6) is 1.09. The van der Waals surface area contributed by atoms with Gasteiger partial charge in [0, 0.05) is 37.5 Å². The third-order valence-corrected chi connectivity index (χ3v) is 3.81. The first-order chi connectivity index (χ1) is 9.90. The van der Waals surface area contributed by atoms with Crippen molar-refractivity contribution < 1.29 is 4.74 Å². The number of pyridine rings is 1. The molecule has 4 heteroatoms. The van der Waals surface area contributed by atoms with Gasteiger partial charge in [0.05, 0.1) is 6.61 Å². The van der Waals surface area contributed by atoms with Crippen LogP contribution in [0, 0.1) is 6.92 Å². The number of hydrogen-bond acceptors (Lipinski definition) is 4. The lowest BCUT2D eigenvalue weighted by atomic mass is 10.1. The molecule has 1 aliphatic carbocycles. The molecule has 1 saturated carbocycles. The SMILES string of the molecule is COCCN(c1ccc(CNC(C)(C)C)c(C)n1)C1CC1. The molecule has 1 aromatic heterocycles. The van der Waals surface area contributed by atoms with Gasteiger partial charge in [-0.25, -0.2) is 4.98 Å². The number of anilines is 1. The van der Waals surface area contributed by atoms with E-state index in [0.717, 1.165) is 31.2 Å². The Labute approximate surface area is 128 Å². The normalized spacial score (nSPS) is 15.3. The van der Waals surface area contributed by atoms with Gasteiger partial charge in [0.15, 0.2) is 0 Å². The van der Waals surface area contributed by atoms with Crippen molar-refractivity contribution in [3.05, 3.63) is 23.4 Å². The summed E-state index contributed by atoms with van der Waals surface area (Å²) in [6, 6.07) is 5.02. The standard InChI is InChI=1S/C17H29N3O/c1-13-14(12-18-17(2,3)4)6-9-16(19-13)20(10-11-21-5)15-7-8-15/h6,9,15,18H,7-8,10-12H2,1-5H3. The zero-order valence-electron chi connectivity index (χ0n) is 14.1. The van der Waals surface area contributed by atoms with Gasteiger partial charge < -0.3 is 15.0 Å². The van der Waals surface area contributed by atoms with Crippen molar-refractivity contribution in [3.8, 4) is 0 Å². The molecule has 118 valence electrons. The number of nitrogens with one attached hydrogen (secondary N) is 1. The minimum absolute atomic E-state index is 0.129. The van der Waals surface area contributed by atoms with E-state index < -0.39 is 0 Å². The van der Waals surface area contributed by atoms with E-state index in [1.807, 2.05) is 0 Å². The third kappa shape index (κ3) is 4.97. The zero-order chi connectivity index (χ0) is 15.5. The molecule has 1 N–H and O–H groups in total. The van der Waals surface area contributed by atoms with Crippen LogP contribution in [-0.4, -0.2) is 36.8 Å². The van der Waals surface area contributed by atoms with Gasteiger partial charge in [0.1, 0.15) is 5.82 Å². The molecular weight excluding hydrogens is 262 g/mol. The molecule has 1 fully saturated rings. The average molecular weight is 291 g/mol. The van der Waals surface area contributed by atoms with Crippen LogP contribution in [0.1, 0.15) is 44.9 Å². The number of ether oxygens (including phenoxy) is 1. The van der Waals surface area contributed by atoms with Crippen molar-refractivity contribution in [2.24, 2.45) is 0 Å². The summed E-state index contributed by atoms with van der Waals surface area (Å²) in [5.41, 5.74) is 2.52. The molecule has 1 heterocycles. The van der Waals surface area contributed by atoms with Crippen LogP contribution in [0.2, 0.25) is 0 Å². The summed E-state index contributed by atoms with van der Waals surface area (Å²) >= 11 is 0. The maximum Gasteiger partial charge on any atom is 0.129 e. The summed E-state index contributed by atoms with van der Waals surface area (Å²) in [7, 11) is 1.75. The second-order valence-corrected chi connectivity index (χ2v) is 6.93. The van der Waals surface area contributed by atoms with Crippen LogP contribution in [0.5, 0.6) is 0 Å². The molecular formula is C17H29N3O. The molecule has 0 atom stereocenters. The maximum atomic E-state index is 5.22. The first-order valence-corrected chi connectivity index (χ1v) is 7.88. The van der Waals surface area contributed by atoms with Crippen LogP contribution >= 0.6 is 0 Å². The summed E-state index contributed by atoms with van der Waals surface area (Å²) < 4.78 is 5.22. The van der Waals surface area contributed by atoms with Gasteiger partial charge in [-0.05, 0) is 52.2 Å². The number of methoxy groups -OCH3 is 1. The predicted octanol–water partition coefficient (Wildman–Crippen LogP) is 2.89. The Balaban J connectivity index is 2.06. The number of rotatable bonds is 7. The smallest absolute Gasteiger partial charge is 0.129 e. The second kappa shape index (κ2) is 6.75. The Morgan fingerprint density at radius 3 is 2.57 bits per heavy atom. The van der Waals surface area contributed by atoms with Gasteiger partial charge in [-0.3, -0.25) is 0 Å². The van der Waals surface area contributed by atoms with Gasteiger partial charge in [-0.15, -0.1) is 0 Å². The molecule has 1 aliphatic rings.